The van der Waals surface area contributed by atoms with Crippen LogP contribution in [0.3, 0.4) is 0 Å². The predicted molar refractivity (Wildman–Crippen MR) is 68.5 cm³/mol. The molecule has 0 fully saturated rings. The van der Waals surface area contributed by atoms with Crippen molar-refractivity contribution >= 4 is 31.3 Å². The van der Waals surface area contributed by atoms with Crippen LogP contribution in [0.1, 0.15) is 0 Å². The van der Waals surface area contributed by atoms with Crippen molar-refractivity contribution in [2.75, 3.05) is 27.2 Å². The van der Waals surface area contributed by atoms with Gasteiger partial charge in [-0.3, -0.25) is 0 Å². The predicted octanol–water partition coefficient (Wildman–Crippen LogP) is 2.21. The zero-order valence-electron chi connectivity index (χ0n) is 9.48. The summed E-state index contributed by atoms with van der Waals surface area (Å²) in [4.78, 5) is 1.93. The van der Waals surface area contributed by atoms with E-state index in [-0.39, 0.29) is 9.92 Å². The summed E-state index contributed by atoms with van der Waals surface area (Å²) >= 11 is 5.89. The molecule has 0 spiro atoms. The summed E-state index contributed by atoms with van der Waals surface area (Å²) in [6.07, 6.45) is 0. The first-order valence-corrected chi connectivity index (χ1v) is 7.51. The fourth-order valence-corrected chi connectivity index (χ4v) is 2.17. The minimum absolute atomic E-state index is 0.0378. The number of benzene rings is 1. The van der Waals surface area contributed by atoms with Crippen LogP contribution < -0.4 is 4.74 Å². The molecule has 0 aliphatic carbocycles. The Bertz CT molecular complexity index is 488. The molecule has 0 N–H and O–H groups in total. The van der Waals surface area contributed by atoms with Gasteiger partial charge in [-0.15, -0.1) is 0 Å². The Morgan fingerprint density at radius 2 is 2.00 bits per heavy atom. The molecule has 0 radical (unpaired) electrons. The van der Waals surface area contributed by atoms with Crippen molar-refractivity contribution in [3.05, 3.63) is 23.2 Å². The Morgan fingerprint density at radius 1 is 1.35 bits per heavy atom. The molecule has 0 saturated carbocycles. The standard InChI is InChI=1S/C10H13Cl2NO3S/c1-13(2)5-6-16-10-4-3-8(7-9(10)11)17(12,14)15/h3-4,7H,5-6H2,1-2H3. The van der Waals surface area contributed by atoms with E-state index in [2.05, 4.69) is 0 Å². The summed E-state index contributed by atoms with van der Waals surface area (Å²) in [7, 11) is 5.29. The van der Waals surface area contributed by atoms with Crippen molar-refractivity contribution < 1.29 is 13.2 Å². The van der Waals surface area contributed by atoms with Crippen molar-refractivity contribution in [2.24, 2.45) is 0 Å². The van der Waals surface area contributed by atoms with Crippen molar-refractivity contribution in [3.63, 3.8) is 0 Å². The number of nitrogens with zero attached hydrogens (tertiary/aromatic N) is 1. The van der Waals surface area contributed by atoms with Gasteiger partial charge in [0.1, 0.15) is 12.4 Å². The van der Waals surface area contributed by atoms with Gasteiger partial charge in [0.15, 0.2) is 0 Å². The number of hydrogen-bond acceptors (Lipinski definition) is 4. The number of rotatable bonds is 5. The topological polar surface area (TPSA) is 46.6 Å². The van der Waals surface area contributed by atoms with E-state index in [4.69, 9.17) is 27.0 Å². The highest BCUT2D eigenvalue weighted by atomic mass is 35.7. The van der Waals surface area contributed by atoms with Crippen LogP contribution >= 0.6 is 22.3 Å². The summed E-state index contributed by atoms with van der Waals surface area (Å²) in [6.45, 7) is 1.21. The molecule has 0 heterocycles. The summed E-state index contributed by atoms with van der Waals surface area (Å²) < 4.78 is 27.5. The SMILES string of the molecule is CN(C)CCOc1ccc(S(=O)(=O)Cl)cc1Cl. The lowest BCUT2D eigenvalue weighted by Crippen LogP contribution is -2.19. The van der Waals surface area contributed by atoms with E-state index in [0.29, 0.717) is 12.4 Å². The van der Waals surface area contributed by atoms with Gasteiger partial charge in [-0.05, 0) is 32.3 Å². The molecule has 0 aliphatic heterocycles. The fourth-order valence-electron chi connectivity index (χ4n) is 1.09. The lowest BCUT2D eigenvalue weighted by atomic mass is 10.3. The molecule has 0 aliphatic rings. The van der Waals surface area contributed by atoms with Crippen LogP contribution in [-0.4, -0.2) is 40.6 Å². The highest BCUT2D eigenvalue weighted by molar-refractivity contribution is 8.13. The first-order valence-electron chi connectivity index (χ1n) is 4.82. The summed E-state index contributed by atoms with van der Waals surface area (Å²) in [5, 5.41) is 0.227. The molecule has 0 saturated heterocycles. The summed E-state index contributed by atoms with van der Waals surface area (Å²) in [5.41, 5.74) is 0. The molecular formula is C10H13Cl2NO3S. The molecule has 0 aromatic heterocycles. The molecule has 0 unspecified atom stereocenters. The van der Waals surface area contributed by atoms with Gasteiger partial charge in [0.2, 0.25) is 0 Å². The zero-order chi connectivity index (χ0) is 13.1. The third kappa shape index (κ3) is 4.71. The molecule has 0 amide bonds. The van der Waals surface area contributed by atoms with E-state index in [0.717, 1.165) is 6.54 Å². The normalized spacial score (nSPS) is 11.8. The minimum Gasteiger partial charge on any atom is -0.491 e. The van der Waals surface area contributed by atoms with E-state index in [1.54, 1.807) is 0 Å². The van der Waals surface area contributed by atoms with Gasteiger partial charge in [0.25, 0.3) is 9.05 Å². The summed E-state index contributed by atoms with van der Waals surface area (Å²) in [6, 6.07) is 4.13. The van der Waals surface area contributed by atoms with Crippen molar-refractivity contribution in [2.45, 2.75) is 4.90 Å². The Labute approximate surface area is 111 Å². The maximum Gasteiger partial charge on any atom is 0.261 e. The first-order chi connectivity index (χ1) is 7.80. The molecule has 1 aromatic rings. The van der Waals surface area contributed by atoms with Gasteiger partial charge in [0.05, 0.1) is 9.92 Å². The number of likely N-dealkylation sites (N-methyl/N-ethyl adjacent to an activating group) is 1. The van der Waals surface area contributed by atoms with E-state index in [1.807, 2.05) is 19.0 Å². The molecule has 96 valence electrons. The van der Waals surface area contributed by atoms with Crippen molar-refractivity contribution in [3.8, 4) is 5.75 Å². The molecule has 17 heavy (non-hydrogen) atoms. The molecule has 4 nitrogen and oxygen atoms in total. The second-order valence-corrected chi connectivity index (χ2v) is 6.65. The van der Waals surface area contributed by atoms with Gasteiger partial charge in [-0.1, -0.05) is 11.6 Å². The van der Waals surface area contributed by atoms with Crippen LogP contribution in [-0.2, 0) is 9.05 Å². The van der Waals surface area contributed by atoms with Crippen LogP contribution in [0.4, 0.5) is 0 Å². The third-order valence-corrected chi connectivity index (χ3v) is 3.63. The third-order valence-electron chi connectivity index (χ3n) is 1.98. The lowest BCUT2D eigenvalue weighted by molar-refractivity contribution is 0.261. The maximum absolute atomic E-state index is 11.1. The first kappa shape index (κ1) is 14.6. The molecule has 1 aromatic carbocycles. The van der Waals surface area contributed by atoms with Gasteiger partial charge >= 0.3 is 0 Å². The quantitative estimate of drug-likeness (QED) is 0.782. The van der Waals surface area contributed by atoms with Crippen LogP contribution in [0.15, 0.2) is 23.1 Å². The maximum atomic E-state index is 11.1. The van der Waals surface area contributed by atoms with E-state index < -0.39 is 9.05 Å². The molecule has 7 heteroatoms. The van der Waals surface area contributed by atoms with Crippen LogP contribution in [0.5, 0.6) is 5.75 Å². The highest BCUT2D eigenvalue weighted by Gasteiger charge is 2.12. The van der Waals surface area contributed by atoms with E-state index in [1.165, 1.54) is 18.2 Å². The Balaban J connectivity index is 2.77. The van der Waals surface area contributed by atoms with Crippen LogP contribution in [0.25, 0.3) is 0 Å². The van der Waals surface area contributed by atoms with Crippen LogP contribution in [0.2, 0.25) is 5.02 Å². The van der Waals surface area contributed by atoms with Gasteiger partial charge in [0, 0.05) is 17.2 Å². The Morgan fingerprint density at radius 3 is 2.47 bits per heavy atom. The highest BCUT2D eigenvalue weighted by Crippen LogP contribution is 2.28. The monoisotopic (exact) mass is 297 g/mol. The van der Waals surface area contributed by atoms with Gasteiger partial charge in [-0.25, -0.2) is 8.42 Å². The molecule has 1 rings (SSSR count). The fraction of sp³-hybridized carbons (Fsp3) is 0.400. The second-order valence-electron chi connectivity index (χ2n) is 3.68. The average molecular weight is 298 g/mol. The molecule has 0 atom stereocenters. The minimum atomic E-state index is -3.75. The van der Waals surface area contributed by atoms with Gasteiger partial charge < -0.3 is 9.64 Å². The van der Waals surface area contributed by atoms with Gasteiger partial charge in [-0.2, -0.15) is 0 Å². The number of halogens is 2. The lowest BCUT2D eigenvalue weighted by Gasteiger charge is -2.12. The molecule has 0 bridgehead atoms. The van der Waals surface area contributed by atoms with Crippen molar-refractivity contribution in [1.82, 2.24) is 4.90 Å². The average Bonchev–Trinajstić information content (AvgIpc) is 2.18. The largest absolute Gasteiger partial charge is 0.491 e. The van der Waals surface area contributed by atoms with E-state index >= 15 is 0 Å². The van der Waals surface area contributed by atoms with E-state index in [9.17, 15) is 8.42 Å². The number of hydrogen-bond donors (Lipinski definition) is 0. The second kappa shape index (κ2) is 5.91. The Hall–Kier alpha value is -0.490. The number of ether oxygens (including phenoxy) is 1. The molecular weight excluding hydrogens is 285 g/mol. The van der Waals surface area contributed by atoms with Crippen molar-refractivity contribution in [1.29, 1.82) is 0 Å². The van der Waals surface area contributed by atoms with Crippen LogP contribution in [0, 0.1) is 0 Å². The zero-order valence-corrected chi connectivity index (χ0v) is 11.8. The summed E-state index contributed by atoms with van der Waals surface area (Å²) in [5.74, 6) is 0.442. The smallest absolute Gasteiger partial charge is 0.261 e. The Kier molecular flexibility index (Phi) is 5.06.